The standard InChI is InChI=1S/C18H13F4N5O/c1-10(19)17(28)26-8-13(9-26)27-16-15(23-6-7-24-16)14(25-27)11-2-4-12(5-3-11)18(20,21)22/h2-7,13H,1,8-9H2. The van der Waals surface area contributed by atoms with Crippen molar-refractivity contribution in [2.75, 3.05) is 13.1 Å². The van der Waals surface area contributed by atoms with E-state index in [0.29, 0.717) is 22.4 Å². The number of likely N-dealkylation sites (tertiary alicyclic amines) is 1. The Morgan fingerprint density at radius 3 is 2.36 bits per heavy atom. The van der Waals surface area contributed by atoms with Crippen LogP contribution >= 0.6 is 0 Å². The average molecular weight is 391 g/mol. The summed E-state index contributed by atoms with van der Waals surface area (Å²) in [6, 6.07) is 4.37. The molecule has 0 bridgehead atoms. The highest BCUT2D eigenvalue weighted by Crippen LogP contribution is 2.33. The third kappa shape index (κ3) is 3.00. The fourth-order valence-electron chi connectivity index (χ4n) is 3.08. The van der Waals surface area contributed by atoms with Gasteiger partial charge >= 0.3 is 6.18 Å². The first-order valence-corrected chi connectivity index (χ1v) is 8.26. The molecule has 10 heteroatoms. The largest absolute Gasteiger partial charge is 0.416 e. The first-order valence-electron chi connectivity index (χ1n) is 8.26. The van der Waals surface area contributed by atoms with Crippen molar-refractivity contribution in [1.82, 2.24) is 24.6 Å². The lowest BCUT2D eigenvalue weighted by molar-refractivity contribution is -0.137. The van der Waals surface area contributed by atoms with Gasteiger partial charge in [0.25, 0.3) is 5.91 Å². The van der Waals surface area contributed by atoms with Gasteiger partial charge in [-0.1, -0.05) is 18.7 Å². The highest BCUT2D eigenvalue weighted by Gasteiger charge is 2.36. The minimum atomic E-state index is -4.43. The minimum Gasteiger partial charge on any atom is -0.332 e. The Balaban J connectivity index is 1.68. The van der Waals surface area contributed by atoms with E-state index in [1.54, 1.807) is 4.68 Å². The van der Waals surface area contributed by atoms with Crippen LogP contribution in [0.1, 0.15) is 11.6 Å². The molecule has 3 aromatic rings. The van der Waals surface area contributed by atoms with Gasteiger partial charge in [0.05, 0.1) is 11.6 Å². The maximum Gasteiger partial charge on any atom is 0.416 e. The molecule has 0 aliphatic carbocycles. The second-order valence-corrected chi connectivity index (χ2v) is 6.37. The summed E-state index contributed by atoms with van der Waals surface area (Å²) in [5.41, 5.74) is 0.958. The Morgan fingerprint density at radius 2 is 1.75 bits per heavy atom. The molecule has 1 aliphatic rings. The first-order chi connectivity index (χ1) is 13.3. The van der Waals surface area contributed by atoms with Gasteiger partial charge in [0.15, 0.2) is 11.5 Å². The van der Waals surface area contributed by atoms with Gasteiger partial charge in [-0.25, -0.2) is 19.0 Å². The van der Waals surface area contributed by atoms with Crippen molar-refractivity contribution in [2.45, 2.75) is 12.2 Å². The zero-order valence-electron chi connectivity index (χ0n) is 14.3. The molecule has 144 valence electrons. The number of halogens is 4. The maximum atomic E-state index is 13.0. The molecule has 0 spiro atoms. The van der Waals surface area contributed by atoms with Crippen LogP contribution in [0.5, 0.6) is 0 Å². The van der Waals surface area contributed by atoms with Gasteiger partial charge in [-0.15, -0.1) is 0 Å². The number of alkyl halides is 3. The number of benzene rings is 1. The molecule has 0 N–H and O–H groups in total. The summed E-state index contributed by atoms with van der Waals surface area (Å²) in [4.78, 5) is 21.4. The van der Waals surface area contributed by atoms with Crippen LogP contribution in [0.4, 0.5) is 17.6 Å². The SMILES string of the molecule is C=C(F)C(=O)N1CC(n2nc(-c3ccc(C(F)(F)F)cc3)c3nccnc32)C1. The maximum absolute atomic E-state index is 13.0. The lowest BCUT2D eigenvalue weighted by Gasteiger charge is -2.38. The van der Waals surface area contributed by atoms with E-state index in [9.17, 15) is 22.4 Å². The molecule has 1 aromatic carbocycles. The molecule has 4 rings (SSSR count). The molecule has 2 aromatic heterocycles. The monoisotopic (exact) mass is 391 g/mol. The molecule has 1 amide bonds. The normalized spacial score (nSPS) is 14.9. The highest BCUT2D eigenvalue weighted by molar-refractivity contribution is 5.91. The second kappa shape index (κ2) is 6.39. The molecular formula is C18H13F4N5O. The molecule has 1 fully saturated rings. The van der Waals surface area contributed by atoms with Crippen LogP contribution in [0.2, 0.25) is 0 Å². The van der Waals surface area contributed by atoms with Crippen molar-refractivity contribution in [1.29, 1.82) is 0 Å². The van der Waals surface area contributed by atoms with E-state index in [1.165, 1.54) is 29.4 Å². The zero-order valence-corrected chi connectivity index (χ0v) is 14.3. The topological polar surface area (TPSA) is 63.9 Å². The number of amides is 1. The van der Waals surface area contributed by atoms with Gasteiger partial charge in [0, 0.05) is 31.0 Å². The summed E-state index contributed by atoms with van der Waals surface area (Å²) in [6.45, 7) is 3.44. The lowest BCUT2D eigenvalue weighted by Crippen LogP contribution is -2.51. The summed E-state index contributed by atoms with van der Waals surface area (Å²) >= 11 is 0. The molecule has 1 saturated heterocycles. The van der Waals surface area contributed by atoms with E-state index in [2.05, 4.69) is 21.6 Å². The molecule has 3 heterocycles. The van der Waals surface area contributed by atoms with Gasteiger partial charge in [-0.05, 0) is 12.1 Å². The molecule has 0 saturated carbocycles. The first kappa shape index (κ1) is 18.1. The molecule has 0 radical (unpaired) electrons. The number of hydrogen-bond donors (Lipinski definition) is 0. The lowest BCUT2D eigenvalue weighted by atomic mass is 10.1. The molecule has 1 aliphatic heterocycles. The number of carbonyl (C=O) groups excluding carboxylic acids is 1. The van der Waals surface area contributed by atoms with Crippen molar-refractivity contribution in [3.05, 3.63) is 54.6 Å². The number of carbonyl (C=O) groups is 1. The Bertz CT molecular complexity index is 1070. The predicted octanol–water partition coefficient (Wildman–Crippen LogP) is 3.38. The van der Waals surface area contributed by atoms with Gasteiger partial charge < -0.3 is 4.90 Å². The van der Waals surface area contributed by atoms with Crippen LogP contribution in [0.25, 0.3) is 22.4 Å². The van der Waals surface area contributed by atoms with Gasteiger partial charge in [-0.3, -0.25) is 4.79 Å². The van der Waals surface area contributed by atoms with Crippen LogP contribution in [0.15, 0.2) is 49.1 Å². The summed E-state index contributed by atoms with van der Waals surface area (Å²) < 4.78 is 52.9. The van der Waals surface area contributed by atoms with E-state index in [-0.39, 0.29) is 19.1 Å². The van der Waals surface area contributed by atoms with E-state index in [0.717, 1.165) is 12.1 Å². The minimum absolute atomic E-state index is 0.224. The Morgan fingerprint density at radius 1 is 1.11 bits per heavy atom. The van der Waals surface area contributed by atoms with Gasteiger partial charge in [0.2, 0.25) is 0 Å². The average Bonchev–Trinajstić information content (AvgIpc) is 2.99. The number of aromatic nitrogens is 4. The fraction of sp³-hybridized carbons (Fsp3) is 0.222. The zero-order chi connectivity index (χ0) is 20.1. The Hall–Kier alpha value is -3.30. The third-order valence-corrected chi connectivity index (χ3v) is 4.54. The van der Waals surface area contributed by atoms with E-state index >= 15 is 0 Å². The van der Waals surface area contributed by atoms with Crippen molar-refractivity contribution in [3.63, 3.8) is 0 Å². The Kier molecular flexibility index (Phi) is 4.13. The highest BCUT2D eigenvalue weighted by atomic mass is 19.4. The predicted molar refractivity (Wildman–Crippen MR) is 91.6 cm³/mol. The van der Waals surface area contributed by atoms with Crippen molar-refractivity contribution in [3.8, 4) is 11.3 Å². The van der Waals surface area contributed by atoms with Crippen molar-refractivity contribution in [2.24, 2.45) is 0 Å². The summed E-state index contributed by atoms with van der Waals surface area (Å²) in [5.74, 6) is -1.81. The van der Waals surface area contributed by atoms with Crippen LogP contribution in [-0.2, 0) is 11.0 Å². The molecule has 0 unspecified atom stereocenters. The third-order valence-electron chi connectivity index (χ3n) is 4.54. The van der Waals surface area contributed by atoms with E-state index in [1.807, 2.05) is 0 Å². The smallest absolute Gasteiger partial charge is 0.332 e. The van der Waals surface area contributed by atoms with Crippen molar-refractivity contribution < 1.29 is 22.4 Å². The van der Waals surface area contributed by atoms with Crippen LogP contribution in [-0.4, -0.2) is 43.6 Å². The molecule has 0 atom stereocenters. The van der Waals surface area contributed by atoms with Crippen LogP contribution in [0, 0.1) is 0 Å². The quantitative estimate of drug-likeness (QED) is 0.507. The Labute approximate surface area is 156 Å². The van der Waals surface area contributed by atoms with Gasteiger partial charge in [0.1, 0.15) is 11.2 Å². The second-order valence-electron chi connectivity index (χ2n) is 6.37. The number of nitrogens with zero attached hydrogens (tertiary/aromatic N) is 5. The number of fused-ring (bicyclic) bond motifs is 1. The number of rotatable bonds is 3. The summed E-state index contributed by atoms with van der Waals surface area (Å²) in [5, 5.41) is 4.47. The number of hydrogen-bond acceptors (Lipinski definition) is 4. The van der Waals surface area contributed by atoms with E-state index in [4.69, 9.17) is 0 Å². The molecule has 6 nitrogen and oxygen atoms in total. The van der Waals surface area contributed by atoms with Crippen LogP contribution < -0.4 is 0 Å². The molecule has 28 heavy (non-hydrogen) atoms. The summed E-state index contributed by atoms with van der Waals surface area (Å²) in [6.07, 6.45) is -1.49. The van der Waals surface area contributed by atoms with E-state index < -0.39 is 23.5 Å². The fourth-order valence-corrected chi connectivity index (χ4v) is 3.08. The van der Waals surface area contributed by atoms with Crippen LogP contribution in [0.3, 0.4) is 0 Å². The van der Waals surface area contributed by atoms with Gasteiger partial charge in [-0.2, -0.15) is 18.3 Å². The van der Waals surface area contributed by atoms with Crippen molar-refractivity contribution >= 4 is 17.1 Å². The molecular weight excluding hydrogens is 378 g/mol. The summed E-state index contributed by atoms with van der Waals surface area (Å²) in [7, 11) is 0.